The van der Waals surface area contributed by atoms with Gasteiger partial charge in [0.1, 0.15) is 0 Å². The van der Waals surface area contributed by atoms with Gasteiger partial charge < -0.3 is 10.1 Å². The van der Waals surface area contributed by atoms with Gasteiger partial charge >= 0.3 is 5.97 Å². The second-order valence-corrected chi connectivity index (χ2v) is 2.95. The molecule has 1 atom stereocenters. The summed E-state index contributed by atoms with van der Waals surface area (Å²) in [4.78, 5) is 15.5. The summed E-state index contributed by atoms with van der Waals surface area (Å²) in [5.74, 6) is -0.388. The van der Waals surface area contributed by atoms with Crippen LogP contribution < -0.4 is 5.32 Å². The van der Waals surface area contributed by atoms with Crippen LogP contribution in [0.3, 0.4) is 0 Å². The highest BCUT2D eigenvalue weighted by atomic mass is 16.6. The van der Waals surface area contributed by atoms with Crippen LogP contribution in [0.15, 0.2) is 47.6 Å². The van der Waals surface area contributed by atoms with Crippen LogP contribution in [0.1, 0.15) is 10.4 Å². The minimum absolute atomic E-state index is 0.388. The van der Waals surface area contributed by atoms with Gasteiger partial charge in [0.2, 0.25) is 0 Å². The molecule has 1 aliphatic rings. The molecule has 0 saturated heterocycles. The molecular formula is C11H10N2O2. The fourth-order valence-electron chi connectivity index (χ4n) is 1.16. The predicted molar refractivity (Wildman–Crippen MR) is 56.4 cm³/mol. The minimum atomic E-state index is -0.622. The number of nitrogens with one attached hydrogen (secondary N) is 1. The first-order valence-corrected chi connectivity index (χ1v) is 4.57. The molecule has 1 unspecified atom stereocenters. The van der Waals surface area contributed by atoms with E-state index >= 15 is 0 Å². The van der Waals surface area contributed by atoms with Crippen LogP contribution in [-0.4, -0.2) is 18.5 Å². The van der Waals surface area contributed by atoms with Gasteiger partial charge in [-0.3, -0.25) is 0 Å². The van der Waals surface area contributed by atoms with Crippen molar-refractivity contribution < 1.29 is 9.53 Å². The number of allylic oxidation sites excluding steroid dienone is 1. The maximum absolute atomic E-state index is 11.6. The molecule has 0 saturated carbocycles. The zero-order valence-corrected chi connectivity index (χ0v) is 7.96. The van der Waals surface area contributed by atoms with Gasteiger partial charge in [-0.15, -0.1) is 0 Å². The number of hydrogen-bond acceptors (Lipinski definition) is 4. The molecule has 1 aliphatic heterocycles. The minimum Gasteiger partial charge on any atom is -0.417 e. The van der Waals surface area contributed by atoms with Gasteiger partial charge in [-0.05, 0) is 18.2 Å². The van der Waals surface area contributed by atoms with Crippen molar-refractivity contribution in [3.63, 3.8) is 0 Å². The van der Waals surface area contributed by atoms with Crippen LogP contribution in [0.25, 0.3) is 0 Å². The zero-order valence-electron chi connectivity index (χ0n) is 7.96. The Hall–Kier alpha value is -2.10. The zero-order chi connectivity index (χ0) is 10.5. The van der Waals surface area contributed by atoms with Crippen molar-refractivity contribution in [3.05, 3.63) is 48.2 Å². The van der Waals surface area contributed by atoms with E-state index in [0.29, 0.717) is 5.56 Å². The highest BCUT2D eigenvalue weighted by Gasteiger charge is 2.13. The number of aliphatic imine (C=N–C) groups is 1. The summed E-state index contributed by atoms with van der Waals surface area (Å²) in [5, 5.41) is 2.80. The highest BCUT2D eigenvalue weighted by Crippen LogP contribution is 2.04. The first-order valence-electron chi connectivity index (χ1n) is 4.57. The molecule has 1 aromatic rings. The predicted octanol–water partition coefficient (Wildman–Crippen LogP) is 1.31. The van der Waals surface area contributed by atoms with Crippen molar-refractivity contribution in [1.82, 2.24) is 5.32 Å². The average Bonchev–Trinajstić information content (AvgIpc) is 2.31. The van der Waals surface area contributed by atoms with Crippen molar-refractivity contribution in [2.24, 2.45) is 4.99 Å². The van der Waals surface area contributed by atoms with Gasteiger partial charge in [0, 0.05) is 12.4 Å². The standard InChI is InChI=1S/C11H10N2O2/c14-10(9-5-2-1-3-6-9)15-11-12-7-4-8-13-11/h1-8,11-12H. The summed E-state index contributed by atoms with van der Waals surface area (Å²) in [6, 6.07) is 8.81. The van der Waals surface area contributed by atoms with Crippen LogP contribution >= 0.6 is 0 Å². The summed E-state index contributed by atoms with van der Waals surface area (Å²) in [6.45, 7) is 0. The first kappa shape index (κ1) is 9.45. The van der Waals surface area contributed by atoms with Crippen LogP contribution in [0.2, 0.25) is 0 Å². The fraction of sp³-hybridized carbons (Fsp3) is 0.0909. The summed E-state index contributed by atoms with van der Waals surface area (Å²) in [6.07, 6.45) is 4.37. The topological polar surface area (TPSA) is 50.7 Å². The second-order valence-electron chi connectivity index (χ2n) is 2.95. The smallest absolute Gasteiger partial charge is 0.341 e. The van der Waals surface area contributed by atoms with Crippen LogP contribution in [-0.2, 0) is 4.74 Å². The molecule has 4 nitrogen and oxygen atoms in total. The third-order valence-electron chi connectivity index (χ3n) is 1.87. The van der Waals surface area contributed by atoms with Gasteiger partial charge in [-0.25, -0.2) is 9.79 Å². The van der Waals surface area contributed by atoms with Gasteiger partial charge in [0.05, 0.1) is 5.56 Å². The van der Waals surface area contributed by atoms with E-state index in [2.05, 4.69) is 10.3 Å². The Labute approximate surface area is 87.3 Å². The Morgan fingerprint density at radius 3 is 2.80 bits per heavy atom. The number of rotatable bonds is 2. The largest absolute Gasteiger partial charge is 0.417 e. The Kier molecular flexibility index (Phi) is 2.78. The molecule has 0 radical (unpaired) electrons. The number of carbonyl (C=O) groups excluding carboxylic acids is 1. The molecule has 1 N–H and O–H groups in total. The lowest BCUT2D eigenvalue weighted by Crippen LogP contribution is -2.30. The highest BCUT2D eigenvalue weighted by molar-refractivity contribution is 5.89. The molecular weight excluding hydrogens is 192 g/mol. The molecule has 1 heterocycles. The van der Waals surface area contributed by atoms with Crippen molar-refractivity contribution in [2.45, 2.75) is 6.35 Å². The molecule has 0 aromatic heterocycles. The molecule has 15 heavy (non-hydrogen) atoms. The normalized spacial score (nSPS) is 18.3. The van der Waals surface area contributed by atoms with E-state index in [9.17, 15) is 4.79 Å². The van der Waals surface area contributed by atoms with Gasteiger partial charge in [0.15, 0.2) is 0 Å². The third-order valence-corrected chi connectivity index (χ3v) is 1.87. The Morgan fingerprint density at radius 2 is 2.13 bits per heavy atom. The van der Waals surface area contributed by atoms with Crippen LogP contribution in [0.4, 0.5) is 0 Å². The van der Waals surface area contributed by atoms with Gasteiger partial charge in [0.25, 0.3) is 6.35 Å². The molecule has 0 amide bonds. The molecule has 2 rings (SSSR count). The summed E-state index contributed by atoms with van der Waals surface area (Å²) in [7, 11) is 0. The van der Waals surface area contributed by atoms with E-state index in [4.69, 9.17) is 4.74 Å². The van der Waals surface area contributed by atoms with Crippen LogP contribution in [0.5, 0.6) is 0 Å². The maximum Gasteiger partial charge on any atom is 0.341 e. The lowest BCUT2D eigenvalue weighted by Gasteiger charge is -2.15. The molecule has 0 spiro atoms. The molecule has 0 fully saturated rings. The number of benzene rings is 1. The Morgan fingerprint density at radius 1 is 1.33 bits per heavy atom. The second kappa shape index (κ2) is 4.41. The average molecular weight is 202 g/mol. The number of nitrogens with zero attached hydrogens (tertiary/aromatic N) is 1. The van der Waals surface area contributed by atoms with E-state index < -0.39 is 6.35 Å². The van der Waals surface area contributed by atoms with Crippen molar-refractivity contribution >= 4 is 12.2 Å². The molecule has 1 aromatic carbocycles. The Bertz CT molecular complexity index is 398. The monoisotopic (exact) mass is 202 g/mol. The van der Waals surface area contributed by atoms with E-state index in [1.807, 2.05) is 6.07 Å². The molecule has 76 valence electrons. The van der Waals surface area contributed by atoms with E-state index in [1.54, 1.807) is 42.8 Å². The van der Waals surface area contributed by atoms with Gasteiger partial charge in [-0.2, -0.15) is 0 Å². The Balaban J connectivity index is 1.98. The third kappa shape index (κ3) is 2.43. The number of ether oxygens (including phenoxy) is 1. The summed E-state index contributed by atoms with van der Waals surface area (Å²) >= 11 is 0. The van der Waals surface area contributed by atoms with E-state index in [1.165, 1.54) is 0 Å². The van der Waals surface area contributed by atoms with Crippen LogP contribution in [0, 0.1) is 0 Å². The fourth-order valence-corrected chi connectivity index (χ4v) is 1.16. The summed E-state index contributed by atoms with van der Waals surface area (Å²) < 4.78 is 5.08. The number of hydrogen-bond donors (Lipinski definition) is 1. The SMILES string of the molecule is O=C(OC1N=CC=CN1)c1ccccc1. The molecule has 4 heteroatoms. The van der Waals surface area contributed by atoms with Crippen molar-refractivity contribution in [2.75, 3.05) is 0 Å². The lowest BCUT2D eigenvalue weighted by molar-refractivity contribution is 0.0274. The van der Waals surface area contributed by atoms with E-state index in [-0.39, 0.29) is 5.97 Å². The summed E-state index contributed by atoms with van der Waals surface area (Å²) in [5.41, 5.74) is 0.518. The van der Waals surface area contributed by atoms with E-state index in [0.717, 1.165) is 0 Å². The first-order chi connectivity index (χ1) is 7.36. The number of carbonyl (C=O) groups is 1. The lowest BCUT2D eigenvalue weighted by atomic mass is 10.2. The number of esters is 1. The molecule has 0 bridgehead atoms. The van der Waals surface area contributed by atoms with Crippen molar-refractivity contribution in [3.8, 4) is 0 Å². The quantitative estimate of drug-likeness (QED) is 0.736. The maximum atomic E-state index is 11.6. The van der Waals surface area contributed by atoms with Crippen molar-refractivity contribution in [1.29, 1.82) is 0 Å². The van der Waals surface area contributed by atoms with Gasteiger partial charge in [-0.1, -0.05) is 18.2 Å². The molecule has 0 aliphatic carbocycles.